The van der Waals surface area contributed by atoms with Gasteiger partial charge < -0.3 is 9.72 Å². The molecule has 4 aromatic rings. The molecule has 3 aromatic heterocycles. The highest BCUT2D eigenvalue weighted by atomic mass is 32.1. The maximum Gasteiger partial charge on any atom is 0.265 e. The summed E-state index contributed by atoms with van der Waals surface area (Å²) < 4.78 is 1.97. The second-order valence-corrected chi connectivity index (χ2v) is 6.02. The molecule has 112 valence electrons. The number of nitrogens with one attached hydrogen (secondary N) is 1. The summed E-state index contributed by atoms with van der Waals surface area (Å²) in [5, 5.41) is 4.87. The van der Waals surface area contributed by atoms with E-state index in [9.17, 15) is 4.79 Å². The van der Waals surface area contributed by atoms with Crippen LogP contribution in [0.4, 0.5) is 5.69 Å². The van der Waals surface area contributed by atoms with Gasteiger partial charge in [0.2, 0.25) is 0 Å². The van der Waals surface area contributed by atoms with Gasteiger partial charge in [0.1, 0.15) is 5.65 Å². The monoisotopic (exact) mass is 319 g/mol. The van der Waals surface area contributed by atoms with E-state index in [1.165, 1.54) is 11.3 Å². The molecule has 4 nitrogen and oxygen atoms in total. The topological polar surface area (TPSA) is 46.4 Å². The third-order valence-electron chi connectivity index (χ3n) is 3.56. The molecule has 3 heterocycles. The number of pyridine rings is 1. The van der Waals surface area contributed by atoms with Crippen LogP contribution in [0.15, 0.2) is 72.4 Å². The quantitative estimate of drug-likeness (QED) is 0.611. The van der Waals surface area contributed by atoms with Crippen LogP contribution in [-0.2, 0) is 0 Å². The van der Waals surface area contributed by atoms with E-state index in [4.69, 9.17) is 0 Å². The third-order valence-corrected chi connectivity index (χ3v) is 4.43. The number of imidazole rings is 1. The lowest BCUT2D eigenvalue weighted by atomic mass is 10.1. The summed E-state index contributed by atoms with van der Waals surface area (Å²) >= 11 is 1.42. The third kappa shape index (κ3) is 2.62. The van der Waals surface area contributed by atoms with Crippen molar-refractivity contribution in [2.24, 2.45) is 0 Å². The normalized spacial score (nSPS) is 10.8. The largest absolute Gasteiger partial charge is 0.321 e. The zero-order valence-corrected chi connectivity index (χ0v) is 13.0. The van der Waals surface area contributed by atoms with Crippen molar-refractivity contribution in [2.45, 2.75) is 0 Å². The first-order chi connectivity index (χ1) is 11.3. The van der Waals surface area contributed by atoms with Crippen LogP contribution < -0.4 is 5.32 Å². The smallest absolute Gasteiger partial charge is 0.265 e. The van der Waals surface area contributed by atoms with E-state index in [0.29, 0.717) is 4.88 Å². The van der Waals surface area contributed by atoms with E-state index >= 15 is 0 Å². The number of nitrogens with zero attached hydrogens (tertiary/aromatic N) is 2. The SMILES string of the molecule is O=C(Nc1ccccc1-c1cn2ccccc2n1)c1cccs1. The van der Waals surface area contributed by atoms with Gasteiger partial charge in [-0.15, -0.1) is 11.3 Å². The zero-order chi connectivity index (χ0) is 15.6. The molecule has 23 heavy (non-hydrogen) atoms. The summed E-state index contributed by atoms with van der Waals surface area (Å²) in [6, 6.07) is 17.3. The van der Waals surface area contributed by atoms with Crippen molar-refractivity contribution in [3.8, 4) is 11.3 Å². The molecule has 0 radical (unpaired) electrons. The van der Waals surface area contributed by atoms with Gasteiger partial charge in [0.25, 0.3) is 5.91 Å². The minimum atomic E-state index is -0.101. The molecule has 0 aliphatic rings. The number of carbonyl (C=O) groups is 1. The van der Waals surface area contributed by atoms with Crippen molar-refractivity contribution in [1.29, 1.82) is 0 Å². The van der Waals surface area contributed by atoms with Crippen LogP contribution >= 0.6 is 11.3 Å². The average molecular weight is 319 g/mol. The van der Waals surface area contributed by atoms with Crippen LogP contribution in [-0.4, -0.2) is 15.3 Å². The molecule has 0 atom stereocenters. The number of aromatic nitrogens is 2. The summed E-state index contributed by atoms with van der Waals surface area (Å²) in [5.74, 6) is -0.101. The maximum absolute atomic E-state index is 12.3. The molecular formula is C18H13N3OS. The van der Waals surface area contributed by atoms with Crippen LogP contribution in [0, 0.1) is 0 Å². The molecule has 0 saturated carbocycles. The van der Waals surface area contributed by atoms with E-state index in [0.717, 1.165) is 22.6 Å². The lowest BCUT2D eigenvalue weighted by Gasteiger charge is -2.08. The Labute approximate surface area is 137 Å². The van der Waals surface area contributed by atoms with Gasteiger partial charge in [-0.3, -0.25) is 4.79 Å². The summed E-state index contributed by atoms with van der Waals surface area (Å²) in [5.41, 5.74) is 3.37. The van der Waals surface area contributed by atoms with Gasteiger partial charge in [0.15, 0.2) is 0 Å². The molecule has 0 aliphatic heterocycles. The number of hydrogen-bond donors (Lipinski definition) is 1. The second kappa shape index (κ2) is 5.70. The fourth-order valence-electron chi connectivity index (χ4n) is 2.47. The van der Waals surface area contributed by atoms with Gasteiger partial charge in [0.05, 0.1) is 16.3 Å². The number of anilines is 1. The standard InChI is InChI=1S/C18H13N3OS/c22-18(16-8-5-11-23-16)20-14-7-2-1-6-13(14)15-12-21-10-4-3-9-17(21)19-15/h1-12H,(H,20,22). The van der Waals surface area contributed by atoms with E-state index in [1.807, 2.05) is 76.8 Å². The van der Waals surface area contributed by atoms with E-state index in [2.05, 4.69) is 10.3 Å². The lowest BCUT2D eigenvalue weighted by molar-refractivity contribution is 0.103. The van der Waals surface area contributed by atoms with Crippen molar-refractivity contribution in [1.82, 2.24) is 9.38 Å². The van der Waals surface area contributed by atoms with Gasteiger partial charge in [0, 0.05) is 18.0 Å². The second-order valence-electron chi connectivity index (χ2n) is 5.07. The fraction of sp³-hybridized carbons (Fsp3) is 0. The number of para-hydroxylation sites is 1. The van der Waals surface area contributed by atoms with E-state index in [-0.39, 0.29) is 5.91 Å². The summed E-state index contributed by atoms with van der Waals surface area (Å²) in [7, 11) is 0. The number of rotatable bonds is 3. The summed E-state index contributed by atoms with van der Waals surface area (Å²) in [4.78, 5) is 17.6. The predicted octanol–water partition coefficient (Wildman–Crippen LogP) is 4.32. The predicted molar refractivity (Wildman–Crippen MR) is 92.9 cm³/mol. The molecule has 0 unspecified atom stereocenters. The van der Waals surface area contributed by atoms with Gasteiger partial charge >= 0.3 is 0 Å². The first kappa shape index (κ1) is 13.7. The van der Waals surface area contributed by atoms with Crippen molar-refractivity contribution in [2.75, 3.05) is 5.32 Å². The Morgan fingerprint density at radius 1 is 1.04 bits per heavy atom. The highest BCUT2D eigenvalue weighted by molar-refractivity contribution is 7.12. The average Bonchev–Trinajstić information content (AvgIpc) is 3.25. The molecule has 0 fully saturated rings. The van der Waals surface area contributed by atoms with Crippen LogP contribution in [0.2, 0.25) is 0 Å². The number of fused-ring (bicyclic) bond motifs is 1. The van der Waals surface area contributed by atoms with Gasteiger partial charge in [-0.1, -0.05) is 30.3 Å². The van der Waals surface area contributed by atoms with Crippen molar-refractivity contribution in [3.63, 3.8) is 0 Å². The van der Waals surface area contributed by atoms with Crippen molar-refractivity contribution >= 4 is 28.6 Å². The Balaban J connectivity index is 1.73. The van der Waals surface area contributed by atoms with Crippen LogP contribution in [0.25, 0.3) is 16.9 Å². The molecule has 0 spiro atoms. The molecule has 5 heteroatoms. The minimum Gasteiger partial charge on any atom is -0.321 e. The first-order valence-electron chi connectivity index (χ1n) is 7.19. The van der Waals surface area contributed by atoms with Crippen molar-refractivity contribution in [3.05, 3.63) is 77.2 Å². The van der Waals surface area contributed by atoms with Crippen molar-refractivity contribution < 1.29 is 4.79 Å². The summed E-state index contributed by atoms with van der Waals surface area (Å²) in [6.07, 6.45) is 3.92. The number of amides is 1. The Morgan fingerprint density at radius 3 is 2.74 bits per heavy atom. The number of hydrogen-bond acceptors (Lipinski definition) is 3. The van der Waals surface area contributed by atoms with Crippen LogP contribution in [0.1, 0.15) is 9.67 Å². The maximum atomic E-state index is 12.3. The molecule has 4 rings (SSSR count). The van der Waals surface area contributed by atoms with E-state index < -0.39 is 0 Å². The fourth-order valence-corrected chi connectivity index (χ4v) is 3.09. The highest BCUT2D eigenvalue weighted by Crippen LogP contribution is 2.28. The molecule has 0 bridgehead atoms. The van der Waals surface area contributed by atoms with Crippen LogP contribution in [0.3, 0.4) is 0 Å². The molecule has 0 aliphatic carbocycles. The van der Waals surface area contributed by atoms with Gasteiger partial charge in [-0.25, -0.2) is 4.98 Å². The molecule has 0 saturated heterocycles. The first-order valence-corrected chi connectivity index (χ1v) is 8.07. The zero-order valence-electron chi connectivity index (χ0n) is 12.1. The van der Waals surface area contributed by atoms with Gasteiger partial charge in [-0.2, -0.15) is 0 Å². The Bertz CT molecular complexity index is 940. The number of benzene rings is 1. The Morgan fingerprint density at radius 2 is 1.91 bits per heavy atom. The highest BCUT2D eigenvalue weighted by Gasteiger charge is 2.12. The summed E-state index contributed by atoms with van der Waals surface area (Å²) in [6.45, 7) is 0. The Hall–Kier alpha value is -2.92. The molecule has 1 N–H and O–H groups in total. The molecule has 1 aromatic carbocycles. The van der Waals surface area contributed by atoms with Gasteiger partial charge in [-0.05, 0) is 29.6 Å². The minimum absolute atomic E-state index is 0.101. The Kier molecular flexibility index (Phi) is 3.40. The van der Waals surface area contributed by atoms with Crippen LogP contribution in [0.5, 0.6) is 0 Å². The van der Waals surface area contributed by atoms with E-state index in [1.54, 1.807) is 0 Å². The molecular weight excluding hydrogens is 306 g/mol. The molecule has 1 amide bonds. The number of thiophene rings is 1. The number of carbonyl (C=O) groups excluding carboxylic acids is 1. The lowest BCUT2D eigenvalue weighted by Crippen LogP contribution is -2.10.